The van der Waals surface area contributed by atoms with Gasteiger partial charge < -0.3 is 11.1 Å². The molecule has 0 spiro atoms. The monoisotopic (exact) mass is 253 g/mol. The van der Waals surface area contributed by atoms with Gasteiger partial charge >= 0.3 is 0 Å². The number of carbonyl (C=O) groups excluding carboxylic acids is 1. The van der Waals surface area contributed by atoms with Gasteiger partial charge in [0.05, 0.1) is 17.4 Å². The summed E-state index contributed by atoms with van der Waals surface area (Å²) in [4.78, 5) is 14.8. The molecule has 1 atom stereocenters. The molecule has 0 aliphatic carbocycles. The van der Waals surface area contributed by atoms with Crippen LogP contribution in [0.25, 0.3) is 0 Å². The molecule has 2 rings (SSSR count). The van der Waals surface area contributed by atoms with E-state index in [0.29, 0.717) is 11.4 Å². The number of nitrogens with zero attached hydrogens (tertiary/aromatic N) is 1. The first-order valence-corrected chi connectivity index (χ1v) is 6.61. The van der Waals surface area contributed by atoms with Crippen molar-refractivity contribution in [3.8, 4) is 0 Å². The number of sulfone groups is 1. The number of hydrogen-bond donors (Lipinski definition) is 2. The van der Waals surface area contributed by atoms with Gasteiger partial charge in [-0.05, 0) is 18.2 Å². The molecule has 1 aromatic rings. The molecule has 90 valence electrons. The lowest BCUT2D eigenvalue weighted by molar-refractivity contribution is 0.1000. The minimum Gasteiger partial charge on any atom is -0.366 e. The van der Waals surface area contributed by atoms with Crippen LogP contribution in [0.3, 0.4) is 0 Å². The summed E-state index contributed by atoms with van der Waals surface area (Å²) in [5.41, 5.74) is 5.38. The number of carbonyl (C=O) groups is 1. The third kappa shape index (κ3) is 2.82. The van der Waals surface area contributed by atoms with Crippen molar-refractivity contribution in [2.45, 2.75) is 6.04 Å². The first-order valence-electron chi connectivity index (χ1n) is 4.90. The van der Waals surface area contributed by atoms with Crippen LogP contribution in [0.2, 0.25) is 0 Å². The molecular weight excluding hydrogens is 242 g/mol. The van der Waals surface area contributed by atoms with Crippen molar-refractivity contribution < 1.29 is 13.2 Å². The molecule has 0 fully saturated rings. The van der Waals surface area contributed by atoms with Gasteiger partial charge in [0, 0.05) is 11.6 Å². The summed E-state index contributed by atoms with van der Waals surface area (Å²) in [7, 11) is -3.08. The van der Waals surface area contributed by atoms with Gasteiger partial charge in [0.2, 0.25) is 5.91 Å². The number of nitrogens with one attached hydrogen (secondary N) is 1. The average Bonchev–Trinajstić information content (AvgIpc) is 2.59. The lowest BCUT2D eigenvalue weighted by Gasteiger charge is -2.10. The van der Waals surface area contributed by atoms with Gasteiger partial charge in [0.15, 0.2) is 9.84 Å². The minimum absolute atomic E-state index is 0.0201. The third-order valence-electron chi connectivity index (χ3n) is 2.31. The summed E-state index contributed by atoms with van der Waals surface area (Å²) in [6.45, 7) is 0. The van der Waals surface area contributed by atoms with Gasteiger partial charge in [-0.3, -0.25) is 4.79 Å². The molecule has 0 radical (unpaired) electrons. The third-order valence-corrected chi connectivity index (χ3v) is 3.71. The molecule has 0 bridgehead atoms. The zero-order valence-electron chi connectivity index (χ0n) is 8.83. The lowest BCUT2D eigenvalue weighted by Crippen LogP contribution is -2.21. The van der Waals surface area contributed by atoms with E-state index in [1.165, 1.54) is 17.7 Å². The highest BCUT2D eigenvalue weighted by Crippen LogP contribution is 2.13. The molecule has 1 amide bonds. The van der Waals surface area contributed by atoms with E-state index in [-0.39, 0.29) is 11.8 Å². The Morgan fingerprint density at radius 3 is 2.71 bits per heavy atom. The molecule has 0 saturated carbocycles. The maximum Gasteiger partial charge on any atom is 0.250 e. The van der Waals surface area contributed by atoms with Gasteiger partial charge in [0.25, 0.3) is 0 Å². The van der Waals surface area contributed by atoms with Gasteiger partial charge in [-0.25, -0.2) is 13.4 Å². The van der Waals surface area contributed by atoms with Crippen LogP contribution in [0.4, 0.5) is 5.82 Å². The Morgan fingerprint density at radius 1 is 1.47 bits per heavy atom. The summed E-state index contributed by atoms with van der Waals surface area (Å²) in [5.74, 6) is -0.0270. The van der Waals surface area contributed by atoms with Gasteiger partial charge in [0.1, 0.15) is 5.82 Å². The Hall–Kier alpha value is -1.89. The summed E-state index contributed by atoms with van der Waals surface area (Å²) < 4.78 is 22.3. The van der Waals surface area contributed by atoms with Crippen molar-refractivity contribution in [2.24, 2.45) is 5.73 Å². The van der Waals surface area contributed by atoms with Crippen LogP contribution < -0.4 is 11.1 Å². The van der Waals surface area contributed by atoms with E-state index in [4.69, 9.17) is 5.73 Å². The molecular formula is C10H11N3O3S. The highest BCUT2D eigenvalue weighted by Gasteiger charge is 2.21. The molecule has 0 saturated heterocycles. The van der Waals surface area contributed by atoms with Crippen molar-refractivity contribution in [2.75, 3.05) is 11.1 Å². The second-order valence-corrected chi connectivity index (χ2v) is 5.64. The van der Waals surface area contributed by atoms with E-state index < -0.39 is 15.7 Å². The van der Waals surface area contributed by atoms with Crippen molar-refractivity contribution in [1.29, 1.82) is 0 Å². The highest BCUT2D eigenvalue weighted by atomic mass is 32.2. The number of nitrogens with two attached hydrogens (primary N) is 1. The number of aromatic nitrogens is 1. The Morgan fingerprint density at radius 2 is 2.24 bits per heavy atom. The summed E-state index contributed by atoms with van der Waals surface area (Å²) in [6, 6.07) is 2.83. The predicted octanol–water partition coefficient (Wildman–Crippen LogP) is -0.0969. The van der Waals surface area contributed by atoms with Crippen LogP contribution in [0.15, 0.2) is 29.8 Å². The predicted molar refractivity (Wildman–Crippen MR) is 63.1 cm³/mol. The largest absolute Gasteiger partial charge is 0.366 e. The van der Waals surface area contributed by atoms with Crippen molar-refractivity contribution >= 4 is 21.6 Å². The molecule has 1 unspecified atom stereocenters. The Labute approximate surface area is 98.5 Å². The first kappa shape index (κ1) is 11.6. The smallest absolute Gasteiger partial charge is 0.250 e. The number of hydrogen-bond acceptors (Lipinski definition) is 5. The number of primary amides is 1. The standard InChI is InChI=1S/C10H11N3O3S/c11-10(14)7-1-2-9(12-5-7)13-8-3-4-17(15,16)6-8/h1-5,8H,6H2,(H2,11,14)(H,12,13). The van der Waals surface area contributed by atoms with Crippen LogP contribution in [0, 0.1) is 0 Å². The van der Waals surface area contributed by atoms with Gasteiger partial charge in [-0.15, -0.1) is 0 Å². The average molecular weight is 253 g/mol. The normalized spacial score (nSPS) is 21.3. The van der Waals surface area contributed by atoms with Crippen molar-refractivity contribution in [3.63, 3.8) is 0 Å². The first-order chi connectivity index (χ1) is 7.96. The maximum atomic E-state index is 11.2. The lowest BCUT2D eigenvalue weighted by atomic mass is 10.2. The zero-order valence-corrected chi connectivity index (χ0v) is 9.65. The molecule has 17 heavy (non-hydrogen) atoms. The van der Waals surface area contributed by atoms with E-state index >= 15 is 0 Å². The molecule has 1 aromatic heterocycles. The second-order valence-electron chi connectivity index (χ2n) is 3.71. The molecule has 3 N–H and O–H groups in total. The second kappa shape index (κ2) is 4.17. The van der Waals surface area contributed by atoms with Gasteiger partial charge in [-0.2, -0.15) is 0 Å². The van der Waals surface area contributed by atoms with Crippen molar-refractivity contribution in [1.82, 2.24) is 4.98 Å². The number of pyridine rings is 1. The number of anilines is 1. The fourth-order valence-corrected chi connectivity index (χ4v) is 2.72. The quantitative estimate of drug-likeness (QED) is 0.783. The van der Waals surface area contributed by atoms with E-state index in [9.17, 15) is 13.2 Å². The SMILES string of the molecule is NC(=O)c1ccc(NC2C=CS(=O)(=O)C2)nc1. The van der Waals surface area contributed by atoms with Crippen LogP contribution in [-0.4, -0.2) is 31.1 Å². The summed E-state index contributed by atoms with van der Waals surface area (Å²) in [5, 5.41) is 4.12. The topological polar surface area (TPSA) is 102 Å². The van der Waals surface area contributed by atoms with Crippen LogP contribution in [0.1, 0.15) is 10.4 Å². The van der Waals surface area contributed by atoms with E-state index in [1.807, 2.05) is 0 Å². The summed E-state index contributed by atoms with van der Waals surface area (Å²) in [6.07, 6.45) is 2.91. The molecule has 2 heterocycles. The number of rotatable bonds is 3. The van der Waals surface area contributed by atoms with E-state index in [2.05, 4.69) is 10.3 Å². The van der Waals surface area contributed by atoms with E-state index in [1.54, 1.807) is 12.1 Å². The summed E-state index contributed by atoms with van der Waals surface area (Å²) >= 11 is 0. The fourth-order valence-electron chi connectivity index (χ4n) is 1.48. The van der Waals surface area contributed by atoms with Crippen LogP contribution in [-0.2, 0) is 9.84 Å². The molecule has 7 heteroatoms. The van der Waals surface area contributed by atoms with Crippen LogP contribution >= 0.6 is 0 Å². The number of amides is 1. The highest BCUT2D eigenvalue weighted by molar-refractivity contribution is 7.94. The molecule has 0 aromatic carbocycles. The minimum atomic E-state index is -3.08. The maximum absolute atomic E-state index is 11.2. The Balaban J connectivity index is 2.06. The molecule has 1 aliphatic heterocycles. The molecule has 1 aliphatic rings. The van der Waals surface area contributed by atoms with Crippen molar-refractivity contribution in [3.05, 3.63) is 35.4 Å². The van der Waals surface area contributed by atoms with E-state index in [0.717, 1.165) is 0 Å². The fraction of sp³-hybridized carbons (Fsp3) is 0.200. The van der Waals surface area contributed by atoms with Crippen LogP contribution in [0.5, 0.6) is 0 Å². The zero-order chi connectivity index (χ0) is 12.5. The Bertz CT molecular complexity index is 563. The Kier molecular flexibility index (Phi) is 2.84. The van der Waals surface area contributed by atoms with Gasteiger partial charge in [-0.1, -0.05) is 0 Å². The molecule has 6 nitrogen and oxygen atoms in total.